The maximum Gasteiger partial charge on any atom is 0.128 e. The van der Waals surface area contributed by atoms with Crippen molar-refractivity contribution in [2.24, 2.45) is 0 Å². The Bertz CT molecular complexity index is 736. The Morgan fingerprint density at radius 3 is 2.60 bits per heavy atom. The number of fused-ring (bicyclic) bond motifs is 1. The summed E-state index contributed by atoms with van der Waals surface area (Å²) in [6.45, 7) is 2.10. The molecule has 20 heavy (non-hydrogen) atoms. The molecule has 0 atom stereocenters. The van der Waals surface area contributed by atoms with Gasteiger partial charge in [-0.1, -0.05) is 35.9 Å². The molecule has 2 N–H and O–H groups in total. The van der Waals surface area contributed by atoms with E-state index in [2.05, 4.69) is 48.3 Å². The summed E-state index contributed by atoms with van der Waals surface area (Å²) in [6.07, 6.45) is 0. The number of nitrogens with zero attached hydrogens (tertiary/aromatic N) is 1. The number of thioether (sulfide) groups is 1. The topological polar surface area (TPSA) is 38.9 Å². The number of hydrogen-bond acceptors (Lipinski definition) is 3. The largest absolute Gasteiger partial charge is 0.383 e. The summed E-state index contributed by atoms with van der Waals surface area (Å²) in [7, 11) is 0. The molecule has 3 aromatic rings. The second-order valence-electron chi connectivity index (χ2n) is 4.83. The molecule has 1 heterocycles. The number of pyridine rings is 1. The fourth-order valence-electron chi connectivity index (χ4n) is 2.09. The van der Waals surface area contributed by atoms with Crippen molar-refractivity contribution in [2.75, 3.05) is 5.73 Å². The van der Waals surface area contributed by atoms with Gasteiger partial charge in [-0.25, -0.2) is 4.98 Å². The molecule has 2 nitrogen and oxygen atoms in total. The van der Waals surface area contributed by atoms with Gasteiger partial charge in [0, 0.05) is 21.6 Å². The van der Waals surface area contributed by atoms with Crippen LogP contribution in [0.1, 0.15) is 11.1 Å². The van der Waals surface area contributed by atoms with Crippen LogP contribution >= 0.6 is 11.8 Å². The van der Waals surface area contributed by atoms with Crippen molar-refractivity contribution in [1.82, 2.24) is 4.98 Å². The van der Waals surface area contributed by atoms with Crippen LogP contribution in [0.15, 0.2) is 59.5 Å². The maximum absolute atomic E-state index is 6.05. The summed E-state index contributed by atoms with van der Waals surface area (Å²) < 4.78 is 0. The first kappa shape index (κ1) is 13.0. The molecule has 0 aliphatic heterocycles. The highest BCUT2D eigenvalue weighted by Crippen LogP contribution is 2.27. The molecule has 0 spiro atoms. The van der Waals surface area contributed by atoms with E-state index in [9.17, 15) is 0 Å². The van der Waals surface area contributed by atoms with E-state index in [-0.39, 0.29) is 0 Å². The SMILES string of the molecule is Cc1ccc(SCc2cc3ccccc3nc2N)cc1. The number of aryl methyl sites for hydroxylation is 1. The molecule has 0 aliphatic rings. The lowest BCUT2D eigenvalue weighted by Crippen LogP contribution is -1.97. The van der Waals surface area contributed by atoms with Gasteiger partial charge in [0.25, 0.3) is 0 Å². The molecule has 0 saturated heterocycles. The predicted molar refractivity (Wildman–Crippen MR) is 86.9 cm³/mol. The molecule has 0 amide bonds. The van der Waals surface area contributed by atoms with Crippen LogP contribution in [-0.2, 0) is 5.75 Å². The minimum absolute atomic E-state index is 0.628. The third kappa shape index (κ3) is 2.78. The molecule has 0 unspecified atom stereocenters. The van der Waals surface area contributed by atoms with Gasteiger partial charge in [0.2, 0.25) is 0 Å². The number of anilines is 1. The van der Waals surface area contributed by atoms with Crippen LogP contribution in [0.4, 0.5) is 5.82 Å². The average Bonchev–Trinajstić information content (AvgIpc) is 2.47. The van der Waals surface area contributed by atoms with Gasteiger partial charge in [-0.3, -0.25) is 0 Å². The number of benzene rings is 2. The standard InChI is InChI=1S/C17H16N2S/c1-12-6-8-15(9-7-12)20-11-14-10-13-4-2-3-5-16(13)19-17(14)18/h2-10H,11H2,1H3,(H2,18,19). The van der Waals surface area contributed by atoms with Crippen molar-refractivity contribution in [2.45, 2.75) is 17.6 Å². The maximum atomic E-state index is 6.05. The zero-order chi connectivity index (χ0) is 13.9. The lowest BCUT2D eigenvalue weighted by atomic mass is 10.1. The first-order valence-corrected chi connectivity index (χ1v) is 7.54. The summed E-state index contributed by atoms with van der Waals surface area (Å²) in [4.78, 5) is 5.72. The predicted octanol–water partition coefficient (Wildman–Crippen LogP) is 4.42. The lowest BCUT2D eigenvalue weighted by Gasteiger charge is -2.07. The highest BCUT2D eigenvalue weighted by molar-refractivity contribution is 7.98. The third-order valence-corrected chi connectivity index (χ3v) is 4.31. The molecular weight excluding hydrogens is 264 g/mol. The number of para-hydroxylation sites is 1. The van der Waals surface area contributed by atoms with E-state index in [1.807, 2.05) is 18.2 Å². The van der Waals surface area contributed by atoms with E-state index in [4.69, 9.17) is 5.73 Å². The molecule has 3 rings (SSSR count). The van der Waals surface area contributed by atoms with Crippen LogP contribution in [0.2, 0.25) is 0 Å². The van der Waals surface area contributed by atoms with Crippen LogP contribution in [0.25, 0.3) is 10.9 Å². The van der Waals surface area contributed by atoms with Gasteiger partial charge in [0.05, 0.1) is 5.52 Å². The van der Waals surface area contributed by atoms with Gasteiger partial charge in [-0.15, -0.1) is 11.8 Å². The second-order valence-corrected chi connectivity index (χ2v) is 5.88. The monoisotopic (exact) mass is 280 g/mol. The Hall–Kier alpha value is -2.00. The van der Waals surface area contributed by atoms with E-state index >= 15 is 0 Å². The summed E-state index contributed by atoms with van der Waals surface area (Å²) in [5, 5.41) is 1.14. The zero-order valence-electron chi connectivity index (χ0n) is 11.3. The Balaban J connectivity index is 1.83. The van der Waals surface area contributed by atoms with Crippen molar-refractivity contribution in [1.29, 1.82) is 0 Å². The molecule has 3 heteroatoms. The Morgan fingerprint density at radius 1 is 1.05 bits per heavy atom. The van der Waals surface area contributed by atoms with Crippen molar-refractivity contribution < 1.29 is 0 Å². The van der Waals surface area contributed by atoms with E-state index in [0.29, 0.717) is 5.82 Å². The quantitative estimate of drug-likeness (QED) is 0.722. The van der Waals surface area contributed by atoms with E-state index in [0.717, 1.165) is 22.2 Å². The van der Waals surface area contributed by atoms with E-state index in [1.165, 1.54) is 10.5 Å². The van der Waals surface area contributed by atoms with Crippen LogP contribution in [0, 0.1) is 6.92 Å². The molecule has 100 valence electrons. The smallest absolute Gasteiger partial charge is 0.128 e. The fourth-order valence-corrected chi connectivity index (χ4v) is 2.97. The van der Waals surface area contributed by atoms with Gasteiger partial charge in [0.1, 0.15) is 5.82 Å². The molecule has 0 radical (unpaired) electrons. The molecule has 1 aromatic heterocycles. The minimum atomic E-state index is 0.628. The molecule has 2 aromatic carbocycles. The van der Waals surface area contributed by atoms with Crippen LogP contribution in [0.3, 0.4) is 0 Å². The highest BCUT2D eigenvalue weighted by atomic mass is 32.2. The van der Waals surface area contributed by atoms with Gasteiger partial charge >= 0.3 is 0 Å². The minimum Gasteiger partial charge on any atom is -0.383 e. The molecule has 0 bridgehead atoms. The van der Waals surface area contributed by atoms with Crippen molar-refractivity contribution in [3.63, 3.8) is 0 Å². The van der Waals surface area contributed by atoms with Crippen LogP contribution < -0.4 is 5.73 Å². The number of hydrogen-bond donors (Lipinski definition) is 1. The van der Waals surface area contributed by atoms with Gasteiger partial charge < -0.3 is 5.73 Å². The average molecular weight is 280 g/mol. The summed E-state index contributed by atoms with van der Waals surface area (Å²) in [6, 6.07) is 18.7. The normalized spacial score (nSPS) is 10.8. The van der Waals surface area contributed by atoms with Crippen molar-refractivity contribution in [3.8, 4) is 0 Å². The molecule has 0 saturated carbocycles. The third-order valence-electron chi connectivity index (χ3n) is 3.25. The second kappa shape index (κ2) is 5.55. The number of rotatable bonds is 3. The lowest BCUT2D eigenvalue weighted by molar-refractivity contribution is 1.30. The van der Waals surface area contributed by atoms with Gasteiger partial charge in [-0.2, -0.15) is 0 Å². The molecule has 0 aliphatic carbocycles. The Kier molecular flexibility index (Phi) is 3.61. The van der Waals surface area contributed by atoms with Gasteiger partial charge in [0.15, 0.2) is 0 Å². The Labute approximate surface area is 123 Å². The van der Waals surface area contributed by atoms with E-state index < -0.39 is 0 Å². The number of nitrogen functional groups attached to an aromatic ring is 1. The Morgan fingerprint density at radius 2 is 1.80 bits per heavy atom. The van der Waals surface area contributed by atoms with E-state index in [1.54, 1.807) is 11.8 Å². The number of aromatic nitrogens is 1. The first-order chi connectivity index (χ1) is 9.72. The highest BCUT2D eigenvalue weighted by Gasteiger charge is 2.04. The van der Waals surface area contributed by atoms with Crippen LogP contribution in [0.5, 0.6) is 0 Å². The zero-order valence-corrected chi connectivity index (χ0v) is 12.2. The van der Waals surface area contributed by atoms with Gasteiger partial charge in [-0.05, 0) is 31.2 Å². The number of nitrogens with two attached hydrogens (primary N) is 1. The van der Waals surface area contributed by atoms with Crippen molar-refractivity contribution >= 4 is 28.5 Å². The molecule has 0 fully saturated rings. The summed E-state index contributed by atoms with van der Waals surface area (Å²) in [5.41, 5.74) is 9.37. The first-order valence-electron chi connectivity index (χ1n) is 6.56. The summed E-state index contributed by atoms with van der Waals surface area (Å²) in [5.74, 6) is 1.47. The fraction of sp³-hybridized carbons (Fsp3) is 0.118. The van der Waals surface area contributed by atoms with Crippen molar-refractivity contribution in [3.05, 3.63) is 65.7 Å². The summed E-state index contributed by atoms with van der Waals surface area (Å²) >= 11 is 1.78. The van der Waals surface area contributed by atoms with Crippen LogP contribution in [-0.4, -0.2) is 4.98 Å². The molecular formula is C17H16N2S.